The first-order chi connectivity index (χ1) is 10.8. The summed E-state index contributed by atoms with van der Waals surface area (Å²) in [4.78, 5) is 2.26. The molecular formula is C15H21N5O2. The highest BCUT2D eigenvalue weighted by Crippen LogP contribution is 2.38. The topological polar surface area (TPSA) is 86.3 Å². The first-order valence-corrected chi connectivity index (χ1v) is 7.59. The third kappa shape index (κ3) is 3.05. The number of hydrogen-bond donors (Lipinski definition) is 3. The molecule has 0 amide bonds. The molecule has 0 aliphatic carbocycles. The van der Waals surface area contributed by atoms with E-state index in [9.17, 15) is 5.11 Å². The van der Waals surface area contributed by atoms with Gasteiger partial charge in [-0.2, -0.15) is 15.4 Å². The number of hydrogen-bond acceptors (Lipinski definition) is 6. The molecule has 1 unspecified atom stereocenters. The molecule has 0 spiro atoms. The van der Waals surface area contributed by atoms with Crippen molar-refractivity contribution in [2.45, 2.75) is 19.6 Å². The second-order valence-corrected chi connectivity index (χ2v) is 5.23. The van der Waals surface area contributed by atoms with Gasteiger partial charge in [0, 0.05) is 38.2 Å². The Bertz CT molecular complexity index is 596. The van der Waals surface area contributed by atoms with Gasteiger partial charge in [0.05, 0.1) is 11.9 Å². The van der Waals surface area contributed by atoms with Crippen molar-refractivity contribution in [1.82, 2.24) is 20.7 Å². The third-order valence-corrected chi connectivity index (χ3v) is 3.75. The number of anilines is 1. The number of aliphatic hydroxyl groups is 1. The van der Waals surface area contributed by atoms with Crippen LogP contribution >= 0.6 is 0 Å². The largest absolute Gasteiger partial charge is 0.462 e. The summed E-state index contributed by atoms with van der Waals surface area (Å²) in [6, 6.07) is 5.93. The van der Waals surface area contributed by atoms with E-state index < -0.39 is 6.29 Å². The molecule has 1 aliphatic heterocycles. The fourth-order valence-electron chi connectivity index (χ4n) is 2.56. The molecule has 22 heavy (non-hydrogen) atoms. The molecule has 0 saturated carbocycles. The fraction of sp³-hybridized carbons (Fsp3) is 0.467. The van der Waals surface area contributed by atoms with Gasteiger partial charge in [0.2, 0.25) is 0 Å². The van der Waals surface area contributed by atoms with Crippen molar-refractivity contribution < 1.29 is 9.84 Å². The molecule has 0 radical (unpaired) electrons. The molecule has 1 aliphatic rings. The van der Waals surface area contributed by atoms with Crippen molar-refractivity contribution in [2.75, 3.05) is 31.1 Å². The molecule has 2 aromatic rings. The van der Waals surface area contributed by atoms with E-state index in [1.165, 1.54) is 0 Å². The van der Waals surface area contributed by atoms with Crippen LogP contribution in [0.1, 0.15) is 13.3 Å². The van der Waals surface area contributed by atoms with Crippen LogP contribution in [0, 0.1) is 0 Å². The van der Waals surface area contributed by atoms with Gasteiger partial charge >= 0.3 is 0 Å². The molecule has 1 fully saturated rings. The van der Waals surface area contributed by atoms with E-state index >= 15 is 0 Å². The number of nitrogens with zero attached hydrogens (tertiary/aromatic N) is 3. The van der Waals surface area contributed by atoms with Crippen molar-refractivity contribution in [1.29, 1.82) is 0 Å². The lowest BCUT2D eigenvalue weighted by atomic mass is 10.1. The summed E-state index contributed by atoms with van der Waals surface area (Å²) in [6.45, 7) is 5.56. The molecule has 1 aromatic carbocycles. The normalized spacial score (nSPS) is 16.5. The molecular weight excluding hydrogens is 282 g/mol. The molecule has 1 saturated heterocycles. The second-order valence-electron chi connectivity index (χ2n) is 5.23. The smallest absolute Gasteiger partial charge is 0.197 e. The Kier molecular flexibility index (Phi) is 4.55. The number of piperazine rings is 1. The Balaban J connectivity index is 2.02. The summed E-state index contributed by atoms with van der Waals surface area (Å²) in [7, 11) is 0. The predicted octanol–water partition coefficient (Wildman–Crippen LogP) is 0.988. The number of H-pyrrole nitrogens is 1. The van der Waals surface area contributed by atoms with Gasteiger partial charge < -0.3 is 20.1 Å². The fourth-order valence-corrected chi connectivity index (χ4v) is 2.56. The minimum atomic E-state index is -0.838. The van der Waals surface area contributed by atoms with Crippen LogP contribution in [-0.2, 0) is 0 Å². The lowest BCUT2D eigenvalue weighted by molar-refractivity contribution is -0.0184. The molecule has 1 aromatic heterocycles. The third-order valence-electron chi connectivity index (χ3n) is 3.75. The predicted molar refractivity (Wildman–Crippen MR) is 83.8 cm³/mol. The zero-order valence-corrected chi connectivity index (χ0v) is 12.6. The lowest BCUT2D eigenvalue weighted by Gasteiger charge is -2.31. The van der Waals surface area contributed by atoms with Crippen LogP contribution in [0.4, 0.5) is 5.69 Å². The average molecular weight is 303 g/mol. The zero-order valence-electron chi connectivity index (χ0n) is 12.6. The first-order valence-electron chi connectivity index (χ1n) is 7.59. The average Bonchev–Trinajstić information content (AvgIpc) is 3.10. The molecule has 7 nitrogen and oxygen atoms in total. The SMILES string of the molecule is CCC(O)Oc1c(-c2cn[nH]n2)cccc1N1CCNCC1. The summed E-state index contributed by atoms with van der Waals surface area (Å²) >= 11 is 0. The number of nitrogens with one attached hydrogen (secondary N) is 2. The number of para-hydroxylation sites is 1. The van der Waals surface area contributed by atoms with E-state index in [2.05, 4.69) is 25.6 Å². The number of benzene rings is 1. The molecule has 7 heteroatoms. The van der Waals surface area contributed by atoms with E-state index in [0.717, 1.165) is 37.4 Å². The van der Waals surface area contributed by atoms with Crippen LogP contribution in [0.2, 0.25) is 0 Å². The van der Waals surface area contributed by atoms with Crippen LogP contribution in [0.15, 0.2) is 24.4 Å². The van der Waals surface area contributed by atoms with Gasteiger partial charge in [-0.25, -0.2) is 0 Å². The number of aliphatic hydroxyl groups excluding tert-OH is 1. The van der Waals surface area contributed by atoms with E-state index in [1.807, 2.05) is 25.1 Å². The summed E-state index contributed by atoms with van der Waals surface area (Å²) in [5.74, 6) is 0.660. The van der Waals surface area contributed by atoms with Gasteiger partial charge in [-0.3, -0.25) is 0 Å². The Morgan fingerprint density at radius 3 is 2.86 bits per heavy atom. The molecule has 1 atom stereocenters. The Hall–Kier alpha value is -2.12. The van der Waals surface area contributed by atoms with Crippen molar-refractivity contribution in [3.8, 4) is 17.0 Å². The van der Waals surface area contributed by atoms with Crippen LogP contribution in [0.25, 0.3) is 11.3 Å². The number of aromatic nitrogens is 3. The van der Waals surface area contributed by atoms with Crippen molar-refractivity contribution in [2.24, 2.45) is 0 Å². The Labute approximate surface area is 129 Å². The van der Waals surface area contributed by atoms with Gasteiger partial charge in [-0.1, -0.05) is 13.0 Å². The minimum absolute atomic E-state index is 0.522. The summed E-state index contributed by atoms with van der Waals surface area (Å²) in [6.07, 6.45) is 1.34. The summed E-state index contributed by atoms with van der Waals surface area (Å²) in [5.41, 5.74) is 2.52. The zero-order chi connectivity index (χ0) is 15.4. The van der Waals surface area contributed by atoms with E-state index in [4.69, 9.17) is 4.74 Å². The number of aromatic amines is 1. The maximum absolute atomic E-state index is 9.96. The Morgan fingerprint density at radius 2 is 2.18 bits per heavy atom. The van der Waals surface area contributed by atoms with E-state index in [0.29, 0.717) is 17.9 Å². The number of rotatable bonds is 5. The minimum Gasteiger partial charge on any atom is -0.462 e. The van der Waals surface area contributed by atoms with Crippen LogP contribution in [-0.4, -0.2) is 53.0 Å². The van der Waals surface area contributed by atoms with E-state index in [-0.39, 0.29) is 0 Å². The quantitative estimate of drug-likeness (QED) is 0.714. The van der Waals surface area contributed by atoms with Gasteiger partial charge in [-0.05, 0) is 12.1 Å². The highest BCUT2D eigenvalue weighted by molar-refractivity contribution is 5.76. The van der Waals surface area contributed by atoms with E-state index in [1.54, 1.807) is 6.20 Å². The van der Waals surface area contributed by atoms with Gasteiger partial charge in [0.15, 0.2) is 12.0 Å². The van der Waals surface area contributed by atoms with Gasteiger partial charge in [-0.15, -0.1) is 0 Å². The van der Waals surface area contributed by atoms with Crippen LogP contribution in [0.5, 0.6) is 5.75 Å². The summed E-state index contributed by atoms with van der Waals surface area (Å²) in [5, 5.41) is 23.9. The molecule has 118 valence electrons. The van der Waals surface area contributed by atoms with Crippen LogP contribution < -0.4 is 15.0 Å². The van der Waals surface area contributed by atoms with Crippen molar-refractivity contribution in [3.63, 3.8) is 0 Å². The standard InChI is InChI=1S/C15H21N5O2/c1-2-14(21)22-15-11(12-10-17-19-18-12)4-3-5-13(15)20-8-6-16-7-9-20/h3-5,10,14,16,21H,2,6-9H2,1H3,(H,17,18,19). The van der Waals surface area contributed by atoms with Crippen molar-refractivity contribution >= 4 is 5.69 Å². The monoisotopic (exact) mass is 303 g/mol. The Morgan fingerprint density at radius 1 is 1.36 bits per heavy atom. The first kappa shape index (κ1) is 14.8. The highest BCUT2D eigenvalue weighted by atomic mass is 16.6. The molecule has 3 rings (SSSR count). The van der Waals surface area contributed by atoms with Crippen LogP contribution in [0.3, 0.4) is 0 Å². The summed E-state index contributed by atoms with van der Waals surface area (Å²) < 4.78 is 5.81. The maximum atomic E-state index is 9.96. The second kappa shape index (κ2) is 6.76. The molecule has 3 N–H and O–H groups in total. The van der Waals surface area contributed by atoms with Gasteiger partial charge in [0.1, 0.15) is 5.69 Å². The molecule has 0 bridgehead atoms. The lowest BCUT2D eigenvalue weighted by Crippen LogP contribution is -2.43. The maximum Gasteiger partial charge on any atom is 0.197 e. The highest BCUT2D eigenvalue weighted by Gasteiger charge is 2.21. The number of ether oxygens (including phenoxy) is 1. The van der Waals surface area contributed by atoms with Crippen molar-refractivity contribution in [3.05, 3.63) is 24.4 Å². The van der Waals surface area contributed by atoms with Gasteiger partial charge in [0.25, 0.3) is 0 Å². The molecule has 2 heterocycles.